The van der Waals surface area contributed by atoms with E-state index in [-0.39, 0.29) is 11.5 Å². The zero-order valence-corrected chi connectivity index (χ0v) is 16.9. The number of hydrogen-bond acceptors (Lipinski definition) is 6. The number of benzene rings is 1. The van der Waals surface area contributed by atoms with Gasteiger partial charge in [-0.1, -0.05) is 12.1 Å². The van der Waals surface area contributed by atoms with E-state index in [0.717, 1.165) is 56.6 Å². The van der Waals surface area contributed by atoms with Crippen LogP contribution in [0.25, 0.3) is 0 Å². The van der Waals surface area contributed by atoms with Gasteiger partial charge in [0, 0.05) is 48.9 Å². The summed E-state index contributed by atoms with van der Waals surface area (Å²) >= 11 is 0. The third-order valence-electron chi connectivity index (χ3n) is 5.77. The second kappa shape index (κ2) is 6.88. The Kier molecular flexibility index (Phi) is 4.65. The predicted molar refractivity (Wildman–Crippen MR) is 108 cm³/mol. The van der Waals surface area contributed by atoms with E-state index >= 15 is 0 Å². The standard InChI is InChI=1S/C21H28N4O3/c1-20(2,3)28-19(27)23-8-6-21(7-9-23)13-24(14-21)25-15-22-11-17-5-4-16(12-26)10-18(17)25/h4-5,10-12H,6-9,13-15H2,1-3H3. The first-order valence-electron chi connectivity index (χ1n) is 9.88. The van der Waals surface area contributed by atoms with Crippen LogP contribution in [-0.4, -0.2) is 67.0 Å². The van der Waals surface area contributed by atoms with E-state index in [9.17, 15) is 9.59 Å². The molecule has 0 saturated carbocycles. The maximum absolute atomic E-state index is 12.3. The van der Waals surface area contributed by atoms with Crippen LogP contribution in [0.2, 0.25) is 0 Å². The fraction of sp³-hybridized carbons (Fsp3) is 0.571. The number of aliphatic imine (C=N–C) groups is 1. The van der Waals surface area contributed by atoms with E-state index in [2.05, 4.69) is 15.0 Å². The van der Waals surface area contributed by atoms with Gasteiger partial charge in [0.1, 0.15) is 18.6 Å². The van der Waals surface area contributed by atoms with Crippen molar-refractivity contribution in [3.05, 3.63) is 29.3 Å². The maximum atomic E-state index is 12.3. The van der Waals surface area contributed by atoms with Gasteiger partial charge >= 0.3 is 6.09 Å². The van der Waals surface area contributed by atoms with Crippen LogP contribution in [0.15, 0.2) is 23.2 Å². The van der Waals surface area contributed by atoms with Gasteiger partial charge in [0.2, 0.25) is 0 Å². The van der Waals surface area contributed by atoms with E-state index in [4.69, 9.17) is 4.74 Å². The average Bonchev–Trinajstić information content (AvgIpc) is 2.64. The van der Waals surface area contributed by atoms with Gasteiger partial charge in [-0.3, -0.25) is 14.8 Å². The largest absolute Gasteiger partial charge is 0.444 e. The number of amides is 1. The normalized spacial score (nSPS) is 21.2. The lowest BCUT2D eigenvalue weighted by molar-refractivity contribution is -0.0567. The van der Waals surface area contributed by atoms with Crippen molar-refractivity contribution in [3.63, 3.8) is 0 Å². The summed E-state index contributed by atoms with van der Waals surface area (Å²) in [6.45, 7) is 9.67. The van der Waals surface area contributed by atoms with E-state index in [0.29, 0.717) is 12.2 Å². The van der Waals surface area contributed by atoms with E-state index in [1.54, 1.807) is 0 Å². The Morgan fingerprint density at radius 2 is 1.93 bits per heavy atom. The smallest absolute Gasteiger partial charge is 0.410 e. The molecule has 0 radical (unpaired) electrons. The van der Waals surface area contributed by atoms with Gasteiger partial charge in [0.05, 0.1) is 5.69 Å². The molecule has 0 unspecified atom stereocenters. The monoisotopic (exact) mass is 384 g/mol. The van der Waals surface area contributed by atoms with Gasteiger partial charge in [-0.25, -0.2) is 9.80 Å². The summed E-state index contributed by atoms with van der Waals surface area (Å²) in [5.74, 6) is 0. The number of fused-ring (bicyclic) bond motifs is 1. The Morgan fingerprint density at radius 3 is 2.57 bits per heavy atom. The molecule has 1 aromatic carbocycles. The zero-order valence-electron chi connectivity index (χ0n) is 16.9. The number of carbonyl (C=O) groups is 2. The van der Waals surface area contributed by atoms with Gasteiger partial charge in [-0.05, 0) is 39.7 Å². The molecule has 1 amide bonds. The highest BCUT2D eigenvalue weighted by atomic mass is 16.6. The molecule has 7 nitrogen and oxygen atoms in total. The first-order valence-corrected chi connectivity index (χ1v) is 9.88. The zero-order chi connectivity index (χ0) is 19.9. The summed E-state index contributed by atoms with van der Waals surface area (Å²) in [4.78, 5) is 29.7. The molecule has 2 saturated heterocycles. The number of carbonyl (C=O) groups excluding carboxylic acids is 2. The molecule has 0 atom stereocenters. The minimum atomic E-state index is -0.456. The third kappa shape index (κ3) is 3.63. The van der Waals surface area contributed by atoms with Crippen molar-refractivity contribution in [3.8, 4) is 0 Å². The molecule has 0 aliphatic carbocycles. The van der Waals surface area contributed by atoms with Crippen LogP contribution in [-0.2, 0) is 4.74 Å². The Labute approximate surface area is 165 Å². The lowest BCUT2D eigenvalue weighted by Crippen LogP contribution is -2.66. The summed E-state index contributed by atoms with van der Waals surface area (Å²) < 4.78 is 5.50. The second-order valence-electron chi connectivity index (χ2n) is 9.08. The lowest BCUT2D eigenvalue weighted by atomic mass is 9.73. The fourth-order valence-corrected chi connectivity index (χ4v) is 4.21. The fourth-order valence-electron chi connectivity index (χ4n) is 4.21. The minimum Gasteiger partial charge on any atom is -0.444 e. The van der Waals surface area contributed by atoms with Crippen molar-refractivity contribution in [1.82, 2.24) is 9.91 Å². The van der Waals surface area contributed by atoms with Gasteiger partial charge in [-0.2, -0.15) is 0 Å². The van der Waals surface area contributed by atoms with Gasteiger partial charge in [0.15, 0.2) is 0 Å². The lowest BCUT2D eigenvalue weighted by Gasteiger charge is -2.57. The number of hydrogen-bond donors (Lipinski definition) is 0. The molecule has 2 fully saturated rings. The number of aldehydes is 1. The third-order valence-corrected chi connectivity index (χ3v) is 5.77. The van der Waals surface area contributed by atoms with Crippen molar-refractivity contribution >= 4 is 24.3 Å². The van der Waals surface area contributed by atoms with Crippen LogP contribution < -0.4 is 5.01 Å². The quantitative estimate of drug-likeness (QED) is 0.734. The van der Waals surface area contributed by atoms with E-state index in [1.165, 1.54) is 0 Å². The number of rotatable bonds is 2. The molecule has 0 N–H and O–H groups in total. The molecule has 28 heavy (non-hydrogen) atoms. The SMILES string of the molecule is CC(C)(C)OC(=O)N1CCC2(CC1)CN(N1CN=Cc3ccc(C=O)cc31)C2. The van der Waals surface area contributed by atoms with Crippen molar-refractivity contribution < 1.29 is 14.3 Å². The minimum absolute atomic E-state index is 0.209. The molecule has 3 heterocycles. The van der Waals surface area contributed by atoms with Crippen LogP contribution in [0.4, 0.5) is 10.5 Å². The van der Waals surface area contributed by atoms with Crippen LogP contribution in [0.5, 0.6) is 0 Å². The van der Waals surface area contributed by atoms with Crippen molar-refractivity contribution in [1.29, 1.82) is 0 Å². The Morgan fingerprint density at radius 1 is 1.21 bits per heavy atom. The first-order chi connectivity index (χ1) is 13.3. The van der Waals surface area contributed by atoms with Crippen molar-refractivity contribution in [2.75, 3.05) is 37.9 Å². The number of piperidine rings is 1. The number of hydrazine groups is 1. The number of likely N-dealkylation sites (tertiary alicyclic amines) is 1. The van der Waals surface area contributed by atoms with E-state index in [1.807, 2.05) is 50.1 Å². The average molecular weight is 384 g/mol. The summed E-state index contributed by atoms with van der Waals surface area (Å²) in [5.41, 5.74) is 2.56. The van der Waals surface area contributed by atoms with Gasteiger partial charge in [-0.15, -0.1) is 0 Å². The van der Waals surface area contributed by atoms with Crippen molar-refractivity contribution in [2.45, 2.75) is 39.2 Å². The van der Waals surface area contributed by atoms with Crippen LogP contribution in [0, 0.1) is 5.41 Å². The molecule has 3 aliphatic heterocycles. The predicted octanol–water partition coefficient (Wildman–Crippen LogP) is 2.94. The molecule has 4 rings (SSSR count). The van der Waals surface area contributed by atoms with Crippen LogP contribution in [0.3, 0.4) is 0 Å². The molecule has 1 aromatic rings. The number of ether oxygens (including phenoxy) is 1. The van der Waals surface area contributed by atoms with Crippen LogP contribution in [0.1, 0.15) is 49.5 Å². The summed E-state index contributed by atoms with van der Waals surface area (Å²) in [6, 6.07) is 5.71. The molecular weight excluding hydrogens is 356 g/mol. The Bertz CT molecular complexity index is 798. The summed E-state index contributed by atoms with van der Waals surface area (Å²) in [5, 5.41) is 4.49. The highest BCUT2D eigenvalue weighted by molar-refractivity contribution is 5.92. The molecule has 7 heteroatoms. The Hall–Kier alpha value is -2.41. The second-order valence-corrected chi connectivity index (χ2v) is 9.08. The highest BCUT2D eigenvalue weighted by Gasteiger charge is 2.48. The molecule has 1 spiro atoms. The molecular formula is C21H28N4O3. The number of nitrogens with zero attached hydrogens (tertiary/aromatic N) is 4. The van der Waals surface area contributed by atoms with Gasteiger partial charge < -0.3 is 9.64 Å². The summed E-state index contributed by atoms with van der Waals surface area (Å²) in [7, 11) is 0. The molecule has 0 bridgehead atoms. The first kappa shape index (κ1) is 18.9. The summed E-state index contributed by atoms with van der Waals surface area (Å²) in [6.07, 6.45) is 4.52. The van der Waals surface area contributed by atoms with E-state index < -0.39 is 5.60 Å². The van der Waals surface area contributed by atoms with Gasteiger partial charge in [0.25, 0.3) is 0 Å². The topological polar surface area (TPSA) is 65.5 Å². The number of anilines is 1. The molecule has 0 aromatic heterocycles. The van der Waals surface area contributed by atoms with Crippen molar-refractivity contribution in [2.24, 2.45) is 10.4 Å². The molecule has 150 valence electrons. The Balaban J connectivity index is 1.36. The van der Waals surface area contributed by atoms with Crippen LogP contribution >= 0.6 is 0 Å². The maximum Gasteiger partial charge on any atom is 0.410 e. The molecule has 3 aliphatic rings. The highest BCUT2D eigenvalue weighted by Crippen LogP contribution is 2.43.